The molecule has 132 valence electrons. The quantitative estimate of drug-likeness (QED) is 0.710. The van der Waals surface area contributed by atoms with Crippen molar-refractivity contribution in [1.29, 1.82) is 0 Å². The van der Waals surface area contributed by atoms with Crippen molar-refractivity contribution in [2.45, 2.75) is 45.4 Å². The Morgan fingerprint density at radius 3 is 2.79 bits per heavy atom. The van der Waals surface area contributed by atoms with E-state index in [1.165, 1.54) is 12.8 Å². The minimum absolute atomic E-state index is 0.00270. The first-order chi connectivity index (χ1) is 11.6. The topological polar surface area (TPSA) is 49.4 Å². The van der Waals surface area contributed by atoms with Crippen molar-refractivity contribution in [3.63, 3.8) is 0 Å². The summed E-state index contributed by atoms with van der Waals surface area (Å²) in [6.07, 6.45) is 6.35. The van der Waals surface area contributed by atoms with Gasteiger partial charge in [-0.25, -0.2) is 0 Å². The zero-order valence-corrected chi connectivity index (χ0v) is 16.0. The average Bonchev–Trinajstić information content (AvgIpc) is 2.61. The maximum absolute atomic E-state index is 12.7. The van der Waals surface area contributed by atoms with E-state index < -0.39 is 0 Å². The van der Waals surface area contributed by atoms with Crippen LogP contribution in [-0.4, -0.2) is 36.3 Å². The molecule has 0 radical (unpaired) electrons. The normalized spacial score (nSPS) is 17.6. The summed E-state index contributed by atoms with van der Waals surface area (Å²) in [6.45, 7) is 4.16. The van der Waals surface area contributed by atoms with Gasteiger partial charge in [0.15, 0.2) is 0 Å². The van der Waals surface area contributed by atoms with E-state index in [4.69, 9.17) is 0 Å². The third kappa shape index (κ3) is 5.33. The van der Waals surface area contributed by atoms with Gasteiger partial charge in [-0.1, -0.05) is 38.3 Å². The molecule has 0 aromatic heterocycles. The Hall–Kier alpha value is -1.36. The Kier molecular flexibility index (Phi) is 7.76. The second kappa shape index (κ2) is 9.82. The number of rotatable bonds is 7. The molecular formula is C19H27BrN2O2. The van der Waals surface area contributed by atoms with Crippen LogP contribution in [0.15, 0.2) is 28.7 Å². The highest BCUT2D eigenvalue weighted by Gasteiger charge is 2.29. The Bertz CT molecular complexity index is 562. The first kappa shape index (κ1) is 19.0. The lowest BCUT2D eigenvalue weighted by atomic mass is 9.96. The van der Waals surface area contributed by atoms with Crippen molar-refractivity contribution < 1.29 is 9.59 Å². The third-order valence-corrected chi connectivity index (χ3v) is 5.20. The summed E-state index contributed by atoms with van der Waals surface area (Å²) in [5, 5.41) is 3.04. The van der Waals surface area contributed by atoms with Crippen LogP contribution in [0.3, 0.4) is 0 Å². The molecule has 1 saturated heterocycles. The molecule has 4 nitrogen and oxygen atoms in total. The molecule has 1 N–H and O–H groups in total. The Balaban J connectivity index is 1.86. The molecule has 0 saturated carbocycles. The number of nitrogens with one attached hydrogen (secondary N) is 1. The fraction of sp³-hybridized carbons (Fsp3) is 0.579. The number of nitrogens with zero attached hydrogens (tertiary/aromatic N) is 1. The van der Waals surface area contributed by atoms with Gasteiger partial charge in [0.2, 0.25) is 5.91 Å². The van der Waals surface area contributed by atoms with Crippen molar-refractivity contribution in [3.05, 3.63) is 34.3 Å². The average molecular weight is 395 g/mol. The second-order valence-electron chi connectivity index (χ2n) is 6.42. The van der Waals surface area contributed by atoms with Crippen LogP contribution in [0.4, 0.5) is 0 Å². The van der Waals surface area contributed by atoms with Crippen LogP contribution in [0.1, 0.15) is 55.8 Å². The van der Waals surface area contributed by atoms with Crippen molar-refractivity contribution >= 4 is 27.7 Å². The number of unbranched alkanes of at least 4 members (excludes halogenated alkanes) is 3. The number of hydrogen-bond acceptors (Lipinski definition) is 2. The summed E-state index contributed by atoms with van der Waals surface area (Å²) in [6, 6.07) is 7.45. The number of likely N-dealkylation sites (tertiary alicyclic amines) is 1. The predicted octanol–water partition coefficient (Wildman–Crippen LogP) is 4.00. The molecular weight excluding hydrogens is 368 g/mol. The Morgan fingerprint density at radius 2 is 2.04 bits per heavy atom. The fourth-order valence-electron chi connectivity index (χ4n) is 3.09. The number of piperidine rings is 1. The van der Waals surface area contributed by atoms with E-state index in [1.54, 1.807) is 0 Å². The highest BCUT2D eigenvalue weighted by molar-refractivity contribution is 9.10. The molecule has 1 aromatic carbocycles. The van der Waals surface area contributed by atoms with Crippen molar-refractivity contribution in [2.24, 2.45) is 5.92 Å². The summed E-state index contributed by atoms with van der Waals surface area (Å²) in [5.41, 5.74) is 0.665. The van der Waals surface area contributed by atoms with E-state index in [1.807, 2.05) is 29.2 Å². The number of hydrogen-bond donors (Lipinski definition) is 1. The van der Waals surface area contributed by atoms with Gasteiger partial charge in [0, 0.05) is 24.1 Å². The standard InChI is InChI=1S/C19H27BrN2O2/c1-2-3-4-7-12-21-18(23)15-9-8-13-22(14-15)19(24)16-10-5-6-11-17(16)20/h5-6,10-11,15H,2-4,7-9,12-14H2,1H3,(H,21,23). The first-order valence-electron chi connectivity index (χ1n) is 8.95. The van der Waals surface area contributed by atoms with Crippen LogP contribution in [0.5, 0.6) is 0 Å². The van der Waals surface area contributed by atoms with E-state index >= 15 is 0 Å². The molecule has 0 aliphatic carbocycles. The molecule has 1 atom stereocenters. The van der Waals surface area contributed by atoms with Crippen LogP contribution in [0.25, 0.3) is 0 Å². The van der Waals surface area contributed by atoms with Gasteiger partial charge >= 0.3 is 0 Å². The maximum Gasteiger partial charge on any atom is 0.255 e. The van der Waals surface area contributed by atoms with Crippen LogP contribution in [-0.2, 0) is 4.79 Å². The first-order valence-corrected chi connectivity index (χ1v) is 9.74. The fourth-order valence-corrected chi connectivity index (χ4v) is 3.54. The Morgan fingerprint density at radius 1 is 1.25 bits per heavy atom. The summed E-state index contributed by atoms with van der Waals surface area (Å²) < 4.78 is 0.803. The van der Waals surface area contributed by atoms with Gasteiger partial charge in [-0.15, -0.1) is 0 Å². The van der Waals surface area contributed by atoms with Gasteiger partial charge < -0.3 is 10.2 Å². The van der Waals surface area contributed by atoms with Gasteiger partial charge in [0.05, 0.1) is 11.5 Å². The molecule has 1 heterocycles. The summed E-state index contributed by atoms with van der Waals surface area (Å²) in [5.74, 6) is 0.00964. The lowest BCUT2D eigenvalue weighted by Gasteiger charge is -2.32. The third-order valence-electron chi connectivity index (χ3n) is 4.51. The molecule has 2 rings (SSSR count). The van der Waals surface area contributed by atoms with E-state index in [2.05, 4.69) is 28.2 Å². The molecule has 1 fully saturated rings. The van der Waals surface area contributed by atoms with Crippen LogP contribution in [0.2, 0.25) is 0 Å². The van der Waals surface area contributed by atoms with Crippen molar-refractivity contribution in [2.75, 3.05) is 19.6 Å². The van der Waals surface area contributed by atoms with Gasteiger partial charge in [-0.2, -0.15) is 0 Å². The molecule has 5 heteroatoms. The lowest BCUT2D eigenvalue weighted by molar-refractivity contribution is -0.126. The van der Waals surface area contributed by atoms with Gasteiger partial charge in [-0.05, 0) is 47.3 Å². The van der Waals surface area contributed by atoms with Gasteiger partial charge in [0.1, 0.15) is 0 Å². The summed E-state index contributed by atoms with van der Waals surface area (Å²) in [7, 11) is 0. The molecule has 0 spiro atoms. The second-order valence-corrected chi connectivity index (χ2v) is 7.28. The minimum atomic E-state index is -0.0867. The number of benzene rings is 1. The monoisotopic (exact) mass is 394 g/mol. The van der Waals surface area contributed by atoms with Crippen LogP contribution in [0, 0.1) is 5.92 Å². The smallest absolute Gasteiger partial charge is 0.255 e. The van der Waals surface area contributed by atoms with Crippen LogP contribution >= 0.6 is 15.9 Å². The largest absolute Gasteiger partial charge is 0.356 e. The molecule has 24 heavy (non-hydrogen) atoms. The molecule has 1 aliphatic rings. The van der Waals surface area contributed by atoms with E-state index in [0.717, 1.165) is 43.2 Å². The van der Waals surface area contributed by atoms with E-state index in [-0.39, 0.29) is 17.7 Å². The SMILES string of the molecule is CCCCCCNC(=O)C1CCCN(C(=O)c2ccccc2Br)C1. The molecule has 2 amide bonds. The number of carbonyl (C=O) groups is 2. The number of amides is 2. The van der Waals surface area contributed by atoms with E-state index in [0.29, 0.717) is 12.1 Å². The molecule has 0 bridgehead atoms. The highest BCUT2D eigenvalue weighted by Crippen LogP contribution is 2.22. The van der Waals surface area contributed by atoms with Crippen LogP contribution < -0.4 is 5.32 Å². The summed E-state index contributed by atoms with van der Waals surface area (Å²) in [4.78, 5) is 26.8. The molecule has 1 aromatic rings. The van der Waals surface area contributed by atoms with Crippen molar-refractivity contribution in [1.82, 2.24) is 10.2 Å². The zero-order valence-electron chi connectivity index (χ0n) is 14.4. The van der Waals surface area contributed by atoms with Gasteiger partial charge in [-0.3, -0.25) is 9.59 Å². The minimum Gasteiger partial charge on any atom is -0.356 e. The van der Waals surface area contributed by atoms with Crippen molar-refractivity contribution in [3.8, 4) is 0 Å². The highest BCUT2D eigenvalue weighted by atomic mass is 79.9. The lowest BCUT2D eigenvalue weighted by Crippen LogP contribution is -2.45. The molecule has 1 aliphatic heterocycles. The van der Waals surface area contributed by atoms with Gasteiger partial charge in [0.25, 0.3) is 5.91 Å². The summed E-state index contributed by atoms with van der Waals surface area (Å²) >= 11 is 3.44. The number of halogens is 1. The maximum atomic E-state index is 12.7. The predicted molar refractivity (Wildman–Crippen MR) is 99.9 cm³/mol. The number of carbonyl (C=O) groups excluding carboxylic acids is 2. The zero-order chi connectivity index (χ0) is 17.4. The van der Waals surface area contributed by atoms with E-state index in [9.17, 15) is 9.59 Å². The Labute approximate surface area is 153 Å². The molecule has 1 unspecified atom stereocenters.